The first-order valence-corrected chi connectivity index (χ1v) is 6.69. The normalized spacial score (nSPS) is 16.6. The summed E-state index contributed by atoms with van der Waals surface area (Å²) < 4.78 is 6.95. The van der Waals surface area contributed by atoms with Crippen molar-refractivity contribution in [2.24, 2.45) is 5.92 Å². The quantitative estimate of drug-likeness (QED) is 0.888. The largest absolute Gasteiger partial charge is 0.478 e. The lowest BCUT2D eigenvalue weighted by atomic mass is 10.0. The van der Waals surface area contributed by atoms with Crippen molar-refractivity contribution in [1.29, 1.82) is 0 Å². The monoisotopic (exact) mass is 276 g/mol. The molecule has 1 aliphatic heterocycles. The van der Waals surface area contributed by atoms with E-state index in [1.54, 1.807) is 16.7 Å². The lowest BCUT2D eigenvalue weighted by Gasteiger charge is -2.22. The zero-order valence-corrected chi connectivity index (χ0v) is 11.0. The zero-order chi connectivity index (χ0) is 14.1. The van der Waals surface area contributed by atoms with E-state index in [4.69, 9.17) is 9.84 Å². The number of nitrogens with zero attached hydrogens (tertiary/aromatic N) is 1. The highest BCUT2D eigenvalue weighted by Gasteiger charge is 2.19. The van der Waals surface area contributed by atoms with Crippen molar-refractivity contribution in [3.8, 4) is 0 Å². The molecule has 0 spiro atoms. The van der Waals surface area contributed by atoms with Crippen LogP contribution >= 0.6 is 0 Å². The Hall–Kier alpha value is -2.08. The average molecular weight is 276 g/mol. The minimum Gasteiger partial charge on any atom is -0.478 e. The number of carboxylic acids is 1. The van der Waals surface area contributed by atoms with E-state index in [1.807, 2.05) is 0 Å². The van der Waals surface area contributed by atoms with E-state index in [9.17, 15) is 9.59 Å². The van der Waals surface area contributed by atoms with Crippen LogP contribution in [0.3, 0.4) is 0 Å². The Kier molecular flexibility index (Phi) is 3.31. The minimum atomic E-state index is -1.03. The van der Waals surface area contributed by atoms with Gasteiger partial charge in [-0.15, -0.1) is 0 Å². The summed E-state index contributed by atoms with van der Waals surface area (Å²) in [5, 5.41) is 9.16. The number of hydrogen-bond donors (Lipinski definition) is 2. The number of imidazole rings is 1. The fraction of sp³-hybridized carbons (Fsp3) is 0.429. The third-order valence-electron chi connectivity index (χ3n) is 3.82. The van der Waals surface area contributed by atoms with Crippen LogP contribution in [-0.2, 0) is 11.3 Å². The second kappa shape index (κ2) is 5.13. The molecule has 1 fully saturated rings. The van der Waals surface area contributed by atoms with Crippen molar-refractivity contribution in [2.45, 2.75) is 19.4 Å². The van der Waals surface area contributed by atoms with E-state index in [2.05, 4.69) is 4.98 Å². The summed E-state index contributed by atoms with van der Waals surface area (Å²) in [4.78, 5) is 25.9. The molecule has 0 aliphatic carbocycles. The van der Waals surface area contributed by atoms with Crippen LogP contribution in [0.4, 0.5) is 0 Å². The lowest BCUT2D eigenvalue weighted by molar-refractivity contribution is 0.0613. The fourth-order valence-electron chi connectivity index (χ4n) is 2.73. The standard InChI is InChI=1S/C14H16N2O4/c17-13(18)10-2-1-3-11-12(10)15-14(19)16(11)8-9-4-6-20-7-5-9/h1-3,9H,4-8H2,(H,15,19)(H,17,18). The Morgan fingerprint density at radius 3 is 2.85 bits per heavy atom. The van der Waals surface area contributed by atoms with Crippen LogP contribution in [0.5, 0.6) is 0 Å². The highest BCUT2D eigenvalue weighted by molar-refractivity contribution is 6.00. The molecule has 0 bridgehead atoms. The van der Waals surface area contributed by atoms with Crippen LogP contribution in [0.1, 0.15) is 23.2 Å². The first-order chi connectivity index (χ1) is 9.66. The molecule has 0 amide bonds. The van der Waals surface area contributed by atoms with Gasteiger partial charge in [0.25, 0.3) is 0 Å². The van der Waals surface area contributed by atoms with Crippen LogP contribution in [0, 0.1) is 5.92 Å². The van der Waals surface area contributed by atoms with Crippen LogP contribution in [0.15, 0.2) is 23.0 Å². The smallest absolute Gasteiger partial charge is 0.337 e. The molecule has 6 nitrogen and oxygen atoms in total. The summed E-state index contributed by atoms with van der Waals surface area (Å²) >= 11 is 0. The van der Waals surface area contributed by atoms with Gasteiger partial charge in [-0.05, 0) is 30.9 Å². The summed E-state index contributed by atoms with van der Waals surface area (Å²) in [6.45, 7) is 2.05. The molecule has 0 unspecified atom stereocenters. The number of nitrogens with one attached hydrogen (secondary N) is 1. The van der Waals surface area contributed by atoms with E-state index >= 15 is 0 Å². The molecule has 3 rings (SSSR count). The molecular weight excluding hydrogens is 260 g/mol. The lowest BCUT2D eigenvalue weighted by Crippen LogP contribution is -2.25. The molecule has 2 aromatic rings. The minimum absolute atomic E-state index is 0.130. The average Bonchev–Trinajstić information content (AvgIpc) is 2.76. The number of fused-ring (bicyclic) bond motifs is 1. The highest BCUT2D eigenvalue weighted by Crippen LogP contribution is 2.20. The molecule has 6 heteroatoms. The second-order valence-corrected chi connectivity index (χ2v) is 5.10. The van der Waals surface area contributed by atoms with Gasteiger partial charge in [-0.25, -0.2) is 9.59 Å². The summed E-state index contributed by atoms with van der Waals surface area (Å²) in [6.07, 6.45) is 1.86. The van der Waals surface area contributed by atoms with E-state index in [0.29, 0.717) is 23.5 Å². The molecule has 0 saturated carbocycles. The van der Waals surface area contributed by atoms with Gasteiger partial charge < -0.3 is 14.8 Å². The first-order valence-electron chi connectivity index (χ1n) is 6.69. The maximum absolute atomic E-state index is 12.1. The number of rotatable bonds is 3. The summed E-state index contributed by atoms with van der Waals surface area (Å²) in [6, 6.07) is 4.94. The molecule has 2 heterocycles. The third-order valence-corrected chi connectivity index (χ3v) is 3.82. The molecule has 1 aromatic heterocycles. The first kappa shape index (κ1) is 12.9. The second-order valence-electron chi connectivity index (χ2n) is 5.10. The molecule has 106 valence electrons. The van der Waals surface area contributed by atoms with Gasteiger partial charge in [0, 0.05) is 19.8 Å². The van der Waals surface area contributed by atoms with E-state index in [0.717, 1.165) is 26.1 Å². The summed E-state index contributed by atoms with van der Waals surface area (Å²) in [5.74, 6) is -0.635. The Bertz CT molecular complexity index is 695. The molecule has 2 N–H and O–H groups in total. The van der Waals surface area contributed by atoms with E-state index < -0.39 is 5.97 Å². The van der Waals surface area contributed by atoms with Gasteiger partial charge in [-0.1, -0.05) is 6.07 Å². The zero-order valence-electron chi connectivity index (χ0n) is 11.0. The SMILES string of the molecule is O=C(O)c1cccc2c1[nH]c(=O)n2CC1CCOCC1. The van der Waals surface area contributed by atoms with Gasteiger partial charge >= 0.3 is 11.7 Å². The van der Waals surface area contributed by atoms with Gasteiger partial charge in [0.1, 0.15) is 0 Å². The molecule has 1 aromatic carbocycles. The van der Waals surface area contributed by atoms with Crippen LogP contribution in [-0.4, -0.2) is 33.8 Å². The topological polar surface area (TPSA) is 84.3 Å². The molecule has 20 heavy (non-hydrogen) atoms. The van der Waals surface area contributed by atoms with Crippen LogP contribution in [0.2, 0.25) is 0 Å². The van der Waals surface area contributed by atoms with Crippen molar-refractivity contribution in [1.82, 2.24) is 9.55 Å². The summed E-state index contributed by atoms with van der Waals surface area (Å²) in [7, 11) is 0. The Morgan fingerprint density at radius 2 is 2.15 bits per heavy atom. The summed E-state index contributed by atoms with van der Waals surface area (Å²) in [5.41, 5.74) is 0.934. The van der Waals surface area contributed by atoms with E-state index in [1.165, 1.54) is 6.07 Å². The Morgan fingerprint density at radius 1 is 1.40 bits per heavy atom. The van der Waals surface area contributed by atoms with E-state index in [-0.39, 0.29) is 11.3 Å². The Labute approximate surface area is 115 Å². The van der Waals surface area contributed by atoms with Crippen molar-refractivity contribution in [2.75, 3.05) is 13.2 Å². The molecule has 0 radical (unpaired) electrons. The third kappa shape index (κ3) is 2.22. The number of aromatic carboxylic acids is 1. The molecule has 1 saturated heterocycles. The van der Waals surface area contributed by atoms with Crippen molar-refractivity contribution >= 4 is 17.0 Å². The predicted molar refractivity (Wildman–Crippen MR) is 73.1 cm³/mol. The number of hydrogen-bond acceptors (Lipinski definition) is 3. The maximum atomic E-state index is 12.1. The van der Waals surface area contributed by atoms with Gasteiger partial charge in [0.05, 0.1) is 16.6 Å². The molecule has 0 atom stereocenters. The number of benzene rings is 1. The maximum Gasteiger partial charge on any atom is 0.337 e. The number of carbonyl (C=O) groups is 1. The highest BCUT2D eigenvalue weighted by atomic mass is 16.5. The number of aromatic nitrogens is 2. The number of carboxylic acid groups (broad SMARTS) is 1. The number of ether oxygens (including phenoxy) is 1. The van der Waals surface area contributed by atoms with Gasteiger partial charge in [0.2, 0.25) is 0 Å². The fourth-order valence-corrected chi connectivity index (χ4v) is 2.73. The molecular formula is C14H16N2O4. The number of H-pyrrole nitrogens is 1. The molecule has 1 aliphatic rings. The van der Waals surface area contributed by atoms with Gasteiger partial charge in [-0.3, -0.25) is 4.57 Å². The van der Waals surface area contributed by atoms with Gasteiger partial charge in [-0.2, -0.15) is 0 Å². The van der Waals surface area contributed by atoms with Crippen LogP contribution < -0.4 is 5.69 Å². The van der Waals surface area contributed by atoms with Crippen molar-refractivity contribution in [3.63, 3.8) is 0 Å². The Balaban J connectivity index is 2.02. The van der Waals surface area contributed by atoms with Crippen LogP contribution in [0.25, 0.3) is 11.0 Å². The predicted octanol–water partition coefficient (Wildman–Crippen LogP) is 1.45. The number of para-hydroxylation sites is 1. The van der Waals surface area contributed by atoms with Crippen molar-refractivity contribution < 1.29 is 14.6 Å². The van der Waals surface area contributed by atoms with Gasteiger partial charge in [0.15, 0.2) is 0 Å². The van der Waals surface area contributed by atoms with Crippen molar-refractivity contribution in [3.05, 3.63) is 34.2 Å². The number of aromatic amines is 1.